The molecule has 1 aromatic carbocycles. The predicted octanol–water partition coefficient (Wildman–Crippen LogP) is 2.79. The van der Waals surface area contributed by atoms with Crippen molar-refractivity contribution in [3.8, 4) is 5.75 Å². The van der Waals surface area contributed by atoms with Gasteiger partial charge in [0.15, 0.2) is 0 Å². The Morgan fingerprint density at radius 2 is 1.89 bits per heavy atom. The van der Waals surface area contributed by atoms with Crippen LogP contribution >= 0.6 is 0 Å². The molecular weight excluding hydrogens is 242 g/mol. The molecule has 0 aliphatic carbocycles. The highest BCUT2D eigenvalue weighted by molar-refractivity contribution is 5.87. The molecule has 106 valence electrons. The molecule has 0 fully saturated rings. The van der Waals surface area contributed by atoms with Gasteiger partial charge in [0.1, 0.15) is 12.4 Å². The molecule has 0 bridgehead atoms. The summed E-state index contributed by atoms with van der Waals surface area (Å²) in [6.45, 7) is 6.82. The van der Waals surface area contributed by atoms with Crippen molar-refractivity contribution in [3.05, 3.63) is 29.8 Å². The van der Waals surface area contributed by atoms with E-state index in [2.05, 4.69) is 19.2 Å². The van der Waals surface area contributed by atoms with Crippen molar-refractivity contribution < 1.29 is 14.6 Å². The summed E-state index contributed by atoms with van der Waals surface area (Å²) in [5.41, 5.74) is 0.277. The second kappa shape index (κ2) is 8.53. The maximum atomic E-state index is 10.7. The Morgan fingerprint density at radius 1 is 1.26 bits per heavy atom. The fraction of sp³-hybridized carbons (Fsp3) is 0.533. The number of rotatable bonds is 9. The second-order valence-electron chi connectivity index (χ2n) is 4.56. The van der Waals surface area contributed by atoms with Crippen molar-refractivity contribution >= 4 is 5.97 Å². The molecular formula is C15H23NO3. The number of hydrogen-bond donors (Lipinski definition) is 2. The van der Waals surface area contributed by atoms with Crippen LogP contribution in [0.15, 0.2) is 24.3 Å². The van der Waals surface area contributed by atoms with Crippen molar-refractivity contribution in [2.75, 3.05) is 19.7 Å². The summed E-state index contributed by atoms with van der Waals surface area (Å²) in [7, 11) is 0. The second-order valence-corrected chi connectivity index (χ2v) is 4.56. The van der Waals surface area contributed by atoms with E-state index in [0.29, 0.717) is 12.4 Å². The number of hydrogen-bond acceptors (Lipinski definition) is 3. The van der Waals surface area contributed by atoms with E-state index in [4.69, 9.17) is 9.84 Å². The lowest BCUT2D eigenvalue weighted by molar-refractivity contribution is 0.0697. The topological polar surface area (TPSA) is 58.6 Å². The Bertz CT molecular complexity index is 371. The average Bonchev–Trinajstić information content (AvgIpc) is 2.43. The van der Waals surface area contributed by atoms with Gasteiger partial charge in [0, 0.05) is 6.54 Å². The molecule has 0 heterocycles. The van der Waals surface area contributed by atoms with E-state index >= 15 is 0 Å². The van der Waals surface area contributed by atoms with Gasteiger partial charge < -0.3 is 15.2 Å². The Kier molecular flexibility index (Phi) is 6.97. The van der Waals surface area contributed by atoms with E-state index in [1.165, 1.54) is 12.8 Å². The first-order valence-corrected chi connectivity index (χ1v) is 6.84. The van der Waals surface area contributed by atoms with Gasteiger partial charge in [-0.25, -0.2) is 4.79 Å². The van der Waals surface area contributed by atoms with Crippen LogP contribution < -0.4 is 10.1 Å². The summed E-state index contributed by atoms with van der Waals surface area (Å²) in [5.74, 6) is 0.516. The van der Waals surface area contributed by atoms with E-state index in [0.717, 1.165) is 19.0 Å². The first-order chi connectivity index (χ1) is 9.17. The van der Waals surface area contributed by atoms with E-state index < -0.39 is 5.97 Å². The highest BCUT2D eigenvalue weighted by Crippen LogP contribution is 2.11. The molecule has 19 heavy (non-hydrogen) atoms. The zero-order valence-electron chi connectivity index (χ0n) is 11.7. The van der Waals surface area contributed by atoms with E-state index in [9.17, 15) is 4.79 Å². The predicted molar refractivity (Wildman–Crippen MR) is 75.8 cm³/mol. The maximum absolute atomic E-state index is 10.7. The normalized spacial score (nSPS) is 10.7. The first-order valence-electron chi connectivity index (χ1n) is 6.84. The first kappa shape index (κ1) is 15.5. The van der Waals surface area contributed by atoms with Gasteiger partial charge in [-0.15, -0.1) is 0 Å². The largest absolute Gasteiger partial charge is 0.492 e. The lowest BCUT2D eigenvalue weighted by Gasteiger charge is -2.13. The summed E-state index contributed by atoms with van der Waals surface area (Å²) in [6, 6.07) is 6.47. The van der Waals surface area contributed by atoms with Gasteiger partial charge in [-0.3, -0.25) is 0 Å². The minimum Gasteiger partial charge on any atom is -0.492 e. The third kappa shape index (κ3) is 5.75. The zero-order chi connectivity index (χ0) is 14.1. The standard InChI is InChI=1S/C15H23NO3/c1-3-12(4-2)11-16-9-10-19-14-7-5-13(6-8-14)15(17)18/h5-8,12,16H,3-4,9-11H2,1-2H3,(H,17,18). The minimum atomic E-state index is -0.918. The van der Waals surface area contributed by atoms with Crippen LogP contribution in [0.4, 0.5) is 0 Å². The summed E-state index contributed by atoms with van der Waals surface area (Å²) in [5, 5.41) is 12.1. The molecule has 2 N–H and O–H groups in total. The molecule has 0 saturated carbocycles. The lowest BCUT2D eigenvalue weighted by Crippen LogP contribution is -2.26. The Labute approximate surface area is 114 Å². The van der Waals surface area contributed by atoms with E-state index in [-0.39, 0.29) is 5.56 Å². The van der Waals surface area contributed by atoms with Crippen molar-refractivity contribution in [2.45, 2.75) is 26.7 Å². The maximum Gasteiger partial charge on any atom is 0.335 e. The van der Waals surface area contributed by atoms with Gasteiger partial charge >= 0.3 is 5.97 Å². The van der Waals surface area contributed by atoms with Crippen LogP contribution in [-0.2, 0) is 0 Å². The molecule has 4 nitrogen and oxygen atoms in total. The number of carbonyl (C=O) groups is 1. The van der Waals surface area contributed by atoms with Crippen LogP contribution in [-0.4, -0.2) is 30.8 Å². The van der Waals surface area contributed by atoms with Crippen LogP contribution in [0, 0.1) is 5.92 Å². The number of ether oxygens (including phenoxy) is 1. The van der Waals surface area contributed by atoms with E-state index in [1.807, 2.05) is 0 Å². The molecule has 0 aliphatic heterocycles. The van der Waals surface area contributed by atoms with Crippen LogP contribution in [0.2, 0.25) is 0 Å². The molecule has 4 heteroatoms. The molecule has 0 radical (unpaired) electrons. The van der Waals surface area contributed by atoms with Crippen LogP contribution in [0.3, 0.4) is 0 Å². The average molecular weight is 265 g/mol. The molecule has 0 spiro atoms. The molecule has 0 atom stereocenters. The van der Waals surface area contributed by atoms with Crippen molar-refractivity contribution in [1.29, 1.82) is 0 Å². The quantitative estimate of drug-likeness (QED) is 0.674. The SMILES string of the molecule is CCC(CC)CNCCOc1ccc(C(=O)O)cc1. The highest BCUT2D eigenvalue weighted by atomic mass is 16.5. The summed E-state index contributed by atoms with van der Waals surface area (Å²) >= 11 is 0. The molecule has 1 aromatic rings. The fourth-order valence-corrected chi connectivity index (χ4v) is 1.82. The zero-order valence-corrected chi connectivity index (χ0v) is 11.7. The van der Waals surface area contributed by atoms with E-state index in [1.54, 1.807) is 24.3 Å². The summed E-state index contributed by atoms with van der Waals surface area (Å²) < 4.78 is 5.53. The number of benzene rings is 1. The number of aromatic carboxylic acids is 1. The molecule has 0 unspecified atom stereocenters. The number of carboxylic acids is 1. The van der Waals surface area contributed by atoms with Gasteiger partial charge in [-0.05, 0) is 36.7 Å². The lowest BCUT2D eigenvalue weighted by atomic mass is 10.0. The Morgan fingerprint density at radius 3 is 2.42 bits per heavy atom. The number of carboxylic acid groups (broad SMARTS) is 1. The highest BCUT2D eigenvalue weighted by Gasteiger charge is 2.03. The molecule has 0 saturated heterocycles. The van der Waals surface area contributed by atoms with Gasteiger partial charge in [-0.2, -0.15) is 0 Å². The smallest absolute Gasteiger partial charge is 0.335 e. The molecule has 0 aliphatic rings. The fourth-order valence-electron chi connectivity index (χ4n) is 1.82. The number of nitrogens with one attached hydrogen (secondary N) is 1. The van der Waals surface area contributed by atoms with Gasteiger partial charge in [0.05, 0.1) is 5.56 Å². The Balaban J connectivity index is 2.20. The molecule has 0 amide bonds. The van der Waals surface area contributed by atoms with Crippen molar-refractivity contribution in [1.82, 2.24) is 5.32 Å². The minimum absolute atomic E-state index is 0.277. The van der Waals surface area contributed by atoms with Crippen LogP contribution in [0.1, 0.15) is 37.0 Å². The van der Waals surface area contributed by atoms with Gasteiger partial charge in [-0.1, -0.05) is 26.7 Å². The Hall–Kier alpha value is -1.55. The third-order valence-corrected chi connectivity index (χ3v) is 3.24. The van der Waals surface area contributed by atoms with Crippen molar-refractivity contribution in [3.63, 3.8) is 0 Å². The van der Waals surface area contributed by atoms with Gasteiger partial charge in [0.2, 0.25) is 0 Å². The summed E-state index contributed by atoms with van der Waals surface area (Å²) in [4.78, 5) is 10.7. The summed E-state index contributed by atoms with van der Waals surface area (Å²) in [6.07, 6.45) is 2.39. The molecule has 1 rings (SSSR count). The van der Waals surface area contributed by atoms with Crippen LogP contribution in [0.25, 0.3) is 0 Å². The monoisotopic (exact) mass is 265 g/mol. The van der Waals surface area contributed by atoms with Gasteiger partial charge in [0.25, 0.3) is 0 Å². The van der Waals surface area contributed by atoms with Crippen molar-refractivity contribution in [2.24, 2.45) is 5.92 Å². The molecule has 0 aromatic heterocycles. The van der Waals surface area contributed by atoms with Crippen LogP contribution in [0.5, 0.6) is 5.75 Å². The third-order valence-electron chi connectivity index (χ3n) is 3.24.